The highest BCUT2D eigenvalue weighted by atomic mass is 35.5. The molecule has 0 atom stereocenters. The van der Waals surface area contributed by atoms with Crippen LogP contribution in [-0.4, -0.2) is 31.0 Å². The smallest absolute Gasteiger partial charge is 0.257 e. The number of methoxy groups -OCH3 is 1. The van der Waals surface area contributed by atoms with E-state index < -0.39 is 0 Å². The van der Waals surface area contributed by atoms with Gasteiger partial charge in [-0.05, 0) is 18.9 Å². The van der Waals surface area contributed by atoms with E-state index in [1.807, 2.05) is 6.92 Å². The molecule has 0 aromatic heterocycles. The van der Waals surface area contributed by atoms with Crippen molar-refractivity contribution < 1.29 is 9.53 Å². The topological polar surface area (TPSA) is 55.6 Å². The fraction of sp³-hybridized carbons (Fsp3) is 0.500. The number of benzene rings is 1. The number of ether oxygens (including phenoxy) is 1. The average Bonchev–Trinajstić information content (AvgIpc) is 2.37. The summed E-state index contributed by atoms with van der Waals surface area (Å²) in [6, 6.07) is 3.15. The van der Waals surface area contributed by atoms with Crippen LogP contribution in [0.1, 0.15) is 31.1 Å². The predicted octanol–water partition coefficient (Wildman–Crippen LogP) is 3.47. The Morgan fingerprint density at radius 1 is 1.45 bits per heavy atom. The number of nitrogens with two attached hydrogens (primary N) is 1. The van der Waals surface area contributed by atoms with E-state index in [9.17, 15) is 4.79 Å². The number of halogens is 2. The van der Waals surface area contributed by atoms with Gasteiger partial charge in [-0.1, -0.05) is 25.4 Å². The first-order chi connectivity index (χ1) is 8.90. The number of hydrogen-bond acceptors (Lipinski definition) is 3. The first-order valence-corrected chi connectivity index (χ1v) is 6.70. The van der Waals surface area contributed by atoms with Crippen LogP contribution in [0.3, 0.4) is 0 Å². The van der Waals surface area contributed by atoms with Crippen molar-refractivity contribution in [1.82, 2.24) is 4.90 Å². The van der Waals surface area contributed by atoms with Gasteiger partial charge in [-0.2, -0.15) is 0 Å². The lowest BCUT2D eigenvalue weighted by Gasteiger charge is -2.24. The van der Waals surface area contributed by atoms with E-state index in [2.05, 4.69) is 13.8 Å². The van der Waals surface area contributed by atoms with Crippen LogP contribution in [0.25, 0.3) is 0 Å². The molecule has 0 spiro atoms. The Morgan fingerprint density at radius 3 is 2.50 bits per heavy atom. The Morgan fingerprint density at radius 2 is 2.05 bits per heavy atom. The van der Waals surface area contributed by atoms with Gasteiger partial charge in [0.15, 0.2) is 0 Å². The summed E-state index contributed by atoms with van der Waals surface area (Å²) in [5.41, 5.74) is 6.57. The molecule has 1 aromatic rings. The largest absolute Gasteiger partial charge is 0.496 e. The Kier molecular flexibility index (Phi) is 7.76. The van der Waals surface area contributed by atoms with Crippen LogP contribution in [0.5, 0.6) is 5.75 Å². The molecule has 0 unspecified atom stereocenters. The number of hydrogen-bond donors (Lipinski definition) is 1. The minimum Gasteiger partial charge on any atom is -0.496 e. The molecule has 0 saturated heterocycles. The van der Waals surface area contributed by atoms with Crippen molar-refractivity contribution in [3.05, 3.63) is 22.7 Å². The van der Waals surface area contributed by atoms with Crippen LogP contribution in [0.2, 0.25) is 5.02 Å². The zero-order chi connectivity index (χ0) is 14.6. The normalized spacial score (nSPS) is 10.1. The number of carbonyl (C=O) groups is 1. The molecule has 0 aliphatic heterocycles. The number of carbonyl (C=O) groups excluding carboxylic acids is 1. The summed E-state index contributed by atoms with van der Waals surface area (Å²) in [5, 5.41) is 0.366. The lowest BCUT2D eigenvalue weighted by atomic mass is 10.1. The van der Waals surface area contributed by atoms with Crippen LogP contribution in [0, 0.1) is 5.92 Å². The van der Waals surface area contributed by atoms with Gasteiger partial charge in [0, 0.05) is 19.2 Å². The summed E-state index contributed by atoms with van der Waals surface area (Å²) < 4.78 is 5.22. The molecule has 2 N–H and O–H groups in total. The van der Waals surface area contributed by atoms with Crippen LogP contribution >= 0.6 is 24.0 Å². The molecule has 0 aliphatic carbocycles. The molecule has 1 rings (SSSR count). The second-order valence-electron chi connectivity index (χ2n) is 4.81. The molecule has 114 valence electrons. The van der Waals surface area contributed by atoms with Crippen molar-refractivity contribution in [1.29, 1.82) is 0 Å². The Bertz CT molecular complexity index is 465. The number of rotatable bonds is 5. The highest BCUT2D eigenvalue weighted by molar-refractivity contribution is 6.33. The Labute approximate surface area is 131 Å². The van der Waals surface area contributed by atoms with E-state index in [1.54, 1.807) is 17.0 Å². The van der Waals surface area contributed by atoms with Crippen LogP contribution in [-0.2, 0) is 0 Å². The maximum atomic E-state index is 12.5. The van der Waals surface area contributed by atoms with Gasteiger partial charge in [0.05, 0.1) is 23.4 Å². The first kappa shape index (κ1) is 18.9. The van der Waals surface area contributed by atoms with Gasteiger partial charge in [0.25, 0.3) is 5.91 Å². The quantitative estimate of drug-likeness (QED) is 0.845. The zero-order valence-electron chi connectivity index (χ0n) is 12.3. The molecule has 1 amide bonds. The van der Waals surface area contributed by atoms with E-state index >= 15 is 0 Å². The van der Waals surface area contributed by atoms with E-state index in [1.165, 1.54) is 7.11 Å². The lowest BCUT2D eigenvalue weighted by molar-refractivity contribution is 0.0742. The Balaban J connectivity index is 0.00000361. The zero-order valence-corrected chi connectivity index (χ0v) is 13.8. The fourth-order valence-corrected chi connectivity index (χ4v) is 2.04. The summed E-state index contributed by atoms with van der Waals surface area (Å²) in [7, 11) is 1.51. The molecule has 20 heavy (non-hydrogen) atoms. The van der Waals surface area contributed by atoms with Gasteiger partial charge in [0.2, 0.25) is 0 Å². The number of amides is 1. The number of nitrogen functional groups attached to an aromatic ring is 1. The highest BCUT2D eigenvalue weighted by Gasteiger charge is 2.20. The van der Waals surface area contributed by atoms with Crippen LogP contribution in [0.15, 0.2) is 12.1 Å². The molecule has 0 heterocycles. The van der Waals surface area contributed by atoms with E-state index in [0.29, 0.717) is 41.0 Å². The third kappa shape index (κ3) is 4.46. The molecule has 0 aliphatic rings. The minimum atomic E-state index is -0.0880. The second-order valence-corrected chi connectivity index (χ2v) is 5.22. The van der Waals surface area contributed by atoms with Crippen molar-refractivity contribution in [2.75, 3.05) is 25.9 Å². The summed E-state index contributed by atoms with van der Waals surface area (Å²) in [6.07, 6.45) is 0. The van der Waals surface area contributed by atoms with Crippen LogP contribution in [0.4, 0.5) is 5.69 Å². The molecule has 1 aromatic carbocycles. The van der Waals surface area contributed by atoms with Crippen molar-refractivity contribution in [2.45, 2.75) is 20.8 Å². The molecular weight excluding hydrogens is 299 g/mol. The van der Waals surface area contributed by atoms with Crippen molar-refractivity contribution >= 4 is 35.6 Å². The van der Waals surface area contributed by atoms with E-state index in [4.69, 9.17) is 22.1 Å². The summed E-state index contributed by atoms with van der Waals surface area (Å²) in [6.45, 7) is 7.43. The van der Waals surface area contributed by atoms with Gasteiger partial charge < -0.3 is 15.4 Å². The van der Waals surface area contributed by atoms with Gasteiger partial charge >= 0.3 is 0 Å². The number of anilines is 1. The van der Waals surface area contributed by atoms with Gasteiger partial charge in [-0.25, -0.2) is 0 Å². The predicted molar refractivity (Wildman–Crippen MR) is 86.1 cm³/mol. The first-order valence-electron chi connectivity index (χ1n) is 6.32. The molecule has 0 fully saturated rings. The SMILES string of the molecule is CCN(CC(C)C)C(=O)c1cc(Cl)c(N)cc1OC.Cl. The third-order valence-electron chi connectivity index (χ3n) is 2.80. The molecule has 0 saturated carbocycles. The highest BCUT2D eigenvalue weighted by Crippen LogP contribution is 2.29. The van der Waals surface area contributed by atoms with E-state index in [0.717, 1.165) is 0 Å². The molecule has 0 radical (unpaired) electrons. The van der Waals surface area contributed by atoms with Crippen molar-refractivity contribution in [3.8, 4) is 5.75 Å². The second kappa shape index (κ2) is 8.22. The van der Waals surface area contributed by atoms with E-state index in [-0.39, 0.29) is 18.3 Å². The standard InChI is InChI=1S/C14H21ClN2O2.ClH/c1-5-17(8-9(2)3)14(18)10-6-11(15)12(16)7-13(10)19-4;/h6-7,9H,5,8,16H2,1-4H3;1H. The number of nitrogens with zero attached hydrogens (tertiary/aromatic N) is 1. The van der Waals surface area contributed by atoms with Crippen molar-refractivity contribution in [2.24, 2.45) is 5.92 Å². The summed E-state index contributed by atoms with van der Waals surface area (Å²) >= 11 is 5.99. The minimum absolute atomic E-state index is 0. The molecular formula is C14H22Cl2N2O2. The van der Waals surface area contributed by atoms with Crippen LogP contribution < -0.4 is 10.5 Å². The van der Waals surface area contributed by atoms with Crippen molar-refractivity contribution in [3.63, 3.8) is 0 Å². The Hall–Kier alpha value is -1.13. The molecule has 4 nitrogen and oxygen atoms in total. The third-order valence-corrected chi connectivity index (χ3v) is 3.13. The van der Waals surface area contributed by atoms with Gasteiger partial charge in [0.1, 0.15) is 5.75 Å². The summed E-state index contributed by atoms with van der Waals surface area (Å²) in [5.74, 6) is 0.767. The molecule has 0 bridgehead atoms. The fourth-order valence-electron chi connectivity index (χ4n) is 1.87. The maximum Gasteiger partial charge on any atom is 0.257 e. The molecule has 6 heteroatoms. The lowest BCUT2D eigenvalue weighted by Crippen LogP contribution is -2.34. The maximum absolute atomic E-state index is 12.5. The summed E-state index contributed by atoms with van der Waals surface area (Å²) in [4.78, 5) is 14.3. The monoisotopic (exact) mass is 320 g/mol. The van der Waals surface area contributed by atoms with Gasteiger partial charge in [-0.3, -0.25) is 4.79 Å². The average molecular weight is 321 g/mol. The van der Waals surface area contributed by atoms with Gasteiger partial charge in [-0.15, -0.1) is 12.4 Å².